The van der Waals surface area contributed by atoms with Crippen molar-refractivity contribution in [2.45, 2.75) is 25.2 Å². The molecule has 0 aliphatic heterocycles. The maximum absolute atomic E-state index is 13.2. The van der Waals surface area contributed by atoms with Gasteiger partial charge in [-0.3, -0.25) is 0 Å². The summed E-state index contributed by atoms with van der Waals surface area (Å²) in [7, 11) is 0.00913. The Kier molecular flexibility index (Phi) is 5.02. The summed E-state index contributed by atoms with van der Waals surface area (Å²) >= 11 is 0. The molecule has 0 aliphatic carbocycles. The minimum atomic E-state index is -2.45. The van der Waals surface area contributed by atoms with Crippen LogP contribution in [0.15, 0.2) is 0 Å². The van der Waals surface area contributed by atoms with Gasteiger partial charge in [-0.15, -0.1) is 0 Å². The molecule has 2 N–H and O–H groups in total. The summed E-state index contributed by atoms with van der Waals surface area (Å²) in [6.07, 6.45) is -1.19. The molecule has 0 aliphatic rings. The van der Waals surface area contributed by atoms with Crippen molar-refractivity contribution in [1.29, 1.82) is 0 Å². The van der Waals surface area contributed by atoms with E-state index in [2.05, 4.69) is 4.43 Å². The third kappa shape index (κ3) is 3.50. The standard InChI is InChI=1S/C10H11F5O3Si/c11-5-4(2-1-3-10(16,17)18-19)6(12)8(14)9(15)7(5)13/h16-17H,1-3H2,19H3. The minimum Gasteiger partial charge on any atom is -0.381 e. The van der Waals surface area contributed by atoms with E-state index in [0.29, 0.717) is 0 Å². The normalized spacial score (nSPS) is 12.2. The Hall–Kier alpha value is -1.03. The van der Waals surface area contributed by atoms with Crippen molar-refractivity contribution in [1.82, 2.24) is 0 Å². The number of aliphatic hydroxyl groups is 2. The number of hydrogen-bond acceptors (Lipinski definition) is 3. The number of rotatable bonds is 5. The van der Waals surface area contributed by atoms with Gasteiger partial charge in [0, 0.05) is 12.0 Å². The summed E-state index contributed by atoms with van der Waals surface area (Å²) < 4.78 is 69.3. The van der Waals surface area contributed by atoms with Gasteiger partial charge in [-0.25, -0.2) is 22.0 Å². The van der Waals surface area contributed by atoms with Gasteiger partial charge in [0.1, 0.15) is 0 Å². The Bertz CT molecular complexity index is 452. The first kappa shape index (κ1) is 16.0. The zero-order valence-electron chi connectivity index (χ0n) is 9.81. The van der Waals surface area contributed by atoms with Gasteiger partial charge in [0.05, 0.1) is 0 Å². The Morgan fingerprint density at radius 2 is 1.32 bits per heavy atom. The Balaban J connectivity index is 2.91. The SMILES string of the molecule is OC(O)(CCCc1c(F)c(F)c(F)c(F)c1F)O[SiH3]. The first-order valence-electron chi connectivity index (χ1n) is 5.21. The van der Waals surface area contributed by atoms with Gasteiger partial charge < -0.3 is 14.6 Å². The lowest BCUT2D eigenvalue weighted by atomic mass is 10.1. The van der Waals surface area contributed by atoms with E-state index in [1.54, 1.807) is 0 Å². The van der Waals surface area contributed by atoms with Gasteiger partial charge in [0.15, 0.2) is 33.8 Å². The average Bonchev–Trinajstić information content (AvgIpc) is 2.38. The molecule has 0 aromatic heterocycles. The van der Waals surface area contributed by atoms with Crippen LogP contribution in [0.1, 0.15) is 18.4 Å². The van der Waals surface area contributed by atoms with Gasteiger partial charge in [-0.2, -0.15) is 0 Å². The zero-order chi connectivity index (χ0) is 14.8. The summed E-state index contributed by atoms with van der Waals surface area (Å²) in [6, 6.07) is 0. The third-order valence-electron chi connectivity index (χ3n) is 2.56. The van der Waals surface area contributed by atoms with Crippen LogP contribution in [-0.2, 0) is 10.8 Å². The molecule has 1 rings (SSSR count). The molecule has 1 aromatic rings. The molecule has 3 nitrogen and oxygen atoms in total. The van der Waals surface area contributed by atoms with Gasteiger partial charge in [-0.1, -0.05) is 0 Å². The highest BCUT2D eigenvalue weighted by atomic mass is 28.2. The van der Waals surface area contributed by atoms with Crippen LogP contribution < -0.4 is 0 Å². The van der Waals surface area contributed by atoms with Crippen molar-refractivity contribution in [2.24, 2.45) is 0 Å². The van der Waals surface area contributed by atoms with E-state index in [1.807, 2.05) is 0 Å². The van der Waals surface area contributed by atoms with E-state index in [9.17, 15) is 22.0 Å². The smallest absolute Gasteiger partial charge is 0.267 e. The van der Waals surface area contributed by atoms with Crippen molar-refractivity contribution in [3.8, 4) is 0 Å². The molecule has 0 radical (unpaired) electrons. The molecule has 0 amide bonds. The molecule has 0 fully saturated rings. The first-order chi connectivity index (χ1) is 8.71. The largest absolute Gasteiger partial charge is 0.381 e. The van der Waals surface area contributed by atoms with E-state index in [0.717, 1.165) is 0 Å². The number of hydrogen-bond donors (Lipinski definition) is 2. The number of halogens is 5. The fourth-order valence-electron chi connectivity index (χ4n) is 1.47. The molecule has 108 valence electrons. The monoisotopic (exact) mass is 302 g/mol. The maximum Gasteiger partial charge on any atom is 0.267 e. The second-order valence-corrected chi connectivity index (χ2v) is 4.26. The first-order valence-corrected chi connectivity index (χ1v) is 6.03. The van der Waals surface area contributed by atoms with Crippen molar-refractivity contribution >= 4 is 10.5 Å². The second kappa shape index (κ2) is 5.95. The second-order valence-electron chi connectivity index (χ2n) is 3.85. The van der Waals surface area contributed by atoms with E-state index in [-0.39, 0.29) is 16.9 Å². The number of benzene rings is 1. The summed E-state index contributed by atoms with van der Waals surface area (Å²) in [6.45, 7) is 0. The van der Waals surface area contributed by atoms with Crippen LogP contribution in [0.3, 0.4) is 0 Å². The quantitative estimate of drug-likeness (QED) is 0.276. The van der Waals surface area contributed by atoms with Crippen LogP contribution in [0, 0.1) is 29.1 Å². The maximum atomic E-state index is 13.2. The molecule has 19 heavy (non-hydrogen) atoms. The Morgan fingerprint density at radius 3 is 1.74 bits per heavy atom. The fraction of sp³-hybridized carbons (Fsp3) is 0.400. The van der Waals surface area contributed by atoms with Crippen LogP contribution in [0.25, 0.3) is 0 Å². The Labute approximate surface area is 108 Å². The van der Waals surface area contributed by atoms with Crippen LogP contribution in [0.5, 0.6) is 0 Å². The average molecular weight is 302 g/mol. The van der Waals surface area contributed by atoms with E-state index < -0.39 is 53.5 Å². The molecule has 0 heterocycles. The minimum absolute atomic E-state index is 0.00913. The predicted octanol–water partition coefficient (Wildman–Crippen LogP) is 0.640. The van der Waals surface area contributed by atoms with Gasteiger partial charge in [-0.05, 0) is 12.8 Å². The summed E-state index contributed by atoms with van der Waals surface area (Å²) in [4.78, 5) is 0. The summed E-state index contributed by atoms with van der Waals surface area (Å²) in [5.41, 5.74) is -0.986. The van der Waals surface area contributed by atoms with E-state index in [1.165, 1.54) is 0 Å². The van der Waals surface area contributed by atoms with Gasteiger partial charge in [0.25, 0.3) is 5.97 Å². The molecule has 0 saturated carbocycles. The topological polar surface area (TPSA) is 49.7 Å². The highest BCUT2D eigenvalue weighted by Crippen LogP contribution is 2.25. The molecule has 0 spiro atoms. The molecular weight excluding hydrogens is 291 g/mol. The fourth-order valence-corrected chi connectivity index (χ4v) is 1.67. The third-order valence-corrected chi connectivity index (χ3v) is 3.21. The summed E-state index contributed by atoms with van der Waals surface area (Å²) in [5.74, 6) is -12.5. The van der Waals surface area contributed by atoms with E-state index >= 15 is 0 Å². The van der Waals surface area contributed by atoms with Crippen molar-refractivity contribution in [2.75, 3.05) is 0 Å². The molecule has 9 heteroatoms. The van der Waals surface area contributed by atoms with Crippen molar-refractivity contribution in [3.05, 3.63) is 34.6 Å². The zero-order valence-corrected chi connectivity index (χ0v) is 11.8. The van der Waals surface area contributed by atoms with Crippen LogP contribution in [0.4, 0.5) is 22.0 Å². The molecule has 0 unspecified atom stereocenters. The van der Waals surface area contributed by atoms with E-state index in [4.69, 9.17) is 10.2 Å². The lowest BCUT2D eigenvalue weighted by Crippen LogP contribution is -2.30. The molecule has 1 aromatic carbocycles. The van der Waals surface area contributed by atoms with Gasteiger partial charge >= 0.3 is 0 Å². The summed E-state index contributed by atoms with van der Waals surface area (Å²) in [5, 5.41) is 18.1. The van der Waals surface area contributed by atoms with Crippen LogP contribution in [0.2, 0.25) is 0 Å². The molecule has 0 atom stereocenters. The lowest BCUT2D eigenvalue weighted by molar-refractivity contribution is -0.295. The molecule has 0 bridgehead atoms. The molecule has 0 saturated heterocycles. The van der Waals surface area contributed by atoms with Crippen LogP contribution in [-0.4, -0.2) is 26.7 Å². The highest BCUT2D eigenvalue weighted by Gasteiger charge is 2.26. The lowest BCUT2D eigenvalue weighted by Gasteiger charge is -2.19. The van der Waals surface area contributed by atoms with Crippen molar-refractivity contribution < 1.29 is 36.6 Å². The van der Waals surface area contributed by atoms with Crippen molar-refractivity contribution in [3.63, 3.8) is 0 Å². The Morgan fingerprint density at radius 1 is 0.895 bits per heavy atom. The predicted molar refractivity (Wildman–Crippen MR) is 57.4 cm³/mol. The molecular formula is C10H11F5O3Si. The van der Waals surface area contributed by atoms with Gasteiger partial charge in [0.2, 0.25) is 5.82 Å². The van der Waals surface area contributed by atoms with Crippen LogP contribution >= 0.6 is 0 Å². The highest BCUT2D eigenvalue weighted by molar-refractivity contribution is 5.98.